The molecule has 0 spiro atoms. The monoisotopic (exact) mass is 427 g/mol. The fraction of sp³-hybridized carbons (Fsp3) is 0.321. The number of aryl methyl sites for hydroxylation is 1. The van der Waals surface area contributed by atoms with Crippen LogP contribution in [0, 0.1) is 0 Å². The van der Waals surface area contributed by atoms with Crippen LogP contribution in [0.25, 0.3) is 11.1 Å². The topological polar surface area (TPSA) is 44.4 Å². The molecule has 1 aliphatic heterocycles. The van der Waals surface area contributed by atoms with Gasteiger partial charge in [0.05, 0.1) is 0 Å². The smallest absolute Gasteiger partial charge is 0.255 e. The molecular formula is C28H33N3O. The second-order valence-corrected chi connectivity index (χ2v) is 8.50. The van der Waals surface area contributed by atoms with Gasteiger partial charge < -0.3 is 10.6 Å². The standard InChI is InChI=1S/C28H33N3O/c1-3-21-12-14-25(19-27(21)29-2)30-28(32)23-13-15-26(22-10-6-4-7-11-22)24(18-23)20-31-16-8-5-9-17-31/h4,6-7,10-15,18-19,29H,3,5,8-9,16-17,20H2,1-2H3,(H,30,32). The van der Waals surface area contributed by atoms with Gasteiger partial charge in [-0.05, 0) is 78.9 Å². The number of nitrogens with zero attached hydrogens (tertiary/aromatic N) is 1. The lowest BCUT2D eigenvalue weighted by Crippen LogP contribution is -2.29. The van der Waals surface area contributed by atoms with Gasteiger partial charge in [-0.1, -0.05) is 55.8 Å². The highest BCUT2D eigenvalue weighted by atomic mass is 16.1. The Morgan fingerprint density at radius 3 is 2.41 bits per heavy atom. The van der Waals surface area contributed by atoms with Crippen molar-refractivity contribution in [3.05, 3.63) is 83.4 Å². The Labute approximate surface area is 191 Å². The van der Waals surface area contributed by atoms with Crippen molar-refractivity contribution in [2.24, 2.45) is 0 Å². The third-order valence-corrected chi connectivity index (χ3v) is 6.31. The average Bonchev–Trinajstić information content (AvgIpc) is 2.85. The Hall–Kier alpha value is -3.11. The predicted octanol–water partition coefficient (Wildman–Crippen LogP) is 6.20. The fourth-order valence-corrected chi connectivity index (χ4v) is 4.52. The van der Waals surface area contributed by atoms with Crippen molar-refractivity contribution >= 4 is 17.3 Å². The summed E-state index contributed by atoms with van der Waals surface area (Å²) in [5.41, 5.74) is 7.40. The minimum absolute atomic E-state index is 0.0733. The van der Waals surface area contributed by atoms with Gasteiger partial charge in [0.2, 0.25) is 0 Å². The molecule has 1 aliphatic rings. The van der Waals surface area contributed by atoms with Gasteiger partial charge in [0.25, 0.3) is 5.91 Å². The normalized spacial score (nSPS) is 14.2. The Morgan fingerprint density at radius 1 is 0.906 bits per heavy atom. The van der Waals surface area contributed by atoms with E-state index in [4.69, 9.17) is 0 Å². The Balaban J connectivity index is 1.61. The molecule has 0 radical (unpaired) electrons. The van der Waals surface area contributed by atoms with Crippen LogP contribution in [-0.4, -0.2) is 30.9 Å². The molecule has 1 amide bonds. The van der Waals surface area contributed by atoms with Crippen molar-refractivity contribution in [3.8, 4) is 11.1 Å². The summed E-state index contributed by atoms with van der Waals surface area (Å²) in [5.74, 6) is -0.0733. The summed E-state index contributed by atoms with van der Waals surface area (Å²) < 4.78 is 0. The predicted molar refractivity (Wildman–Crippen MR) is 134 cm³/mol. The van der Waals surface area contributed by atoms with Crippen molar-refractivity contribution in [3.63, 3.8) is 0 Å². The molecule has 0 bridgehead atoms. The zero-order valence-electron chi connectivity index (χ0n) is 19.2. The number of benzene rings is 3. The van der Waals surface area contributed by atoms with Crippen LogP contribution in [0.15, 0.2) is 66.7 Å². The first-order valence-corrected chi connectivity index (χ1v) is 11.7. The summed E-state index contributed by atoms with van der Waals surface area (Å²) in [7, 11) is 1.91. The van der Waals surface area contributed by atoms with Gasteiger partial charge in [-0.3, -0.25) is 9.69 Å². The highest BCUT2D eigenvalue weighted by molar-refractivity contribution is 6.05. The maximum Gasteiger partial charge on any atom is 0.255 e. The van der Waals surface area contributed by atoms with Crippen molar-refractivity contribution in [2.45, 2.75) is 39.2 Å². The molecule has 0 unspecified atom stereocenters. The molecule has 1 heterocycles. The SMILES string of the molecule is CCc1ccc(NC(=O)c2ccc(-c3ccccc3)c(CN3CCCCC3)c2)cc1NC. The van der Waals surface area contributed by atoms with Crippen LogP contribution in [0.3, 0.4) is 0 Å². The van der Waals surface area contributed by atoms with Crippen LogP contribution in [-0.2, 0) is 13.0 Å². The minimum Gasteiger partial charge on any atom is -0.388 e. The number of carbonyl (C=O) groups excluding carboxylic acids is 1. The van der Waals surface area contributed by atoms with E-state index >= 15 is 0 Å². The Bertz CT molecular complexity index is 1060. The number of carbonyl (C=O) groups is 1. The molecule has 1 saturated heterocycles. The van der Waals surface area contributed by atoms with Gasteiger partial charge in [0, 0.05) is 30.5 Å². The molecule has 0 aromatic heterocycles. The van der Waals surface area contributed by atoms with Crippen LogP contribution in [0.2, 0.25) is 0 Å². The van der Waals surface area contributed by atoms with E-state index in [0.29, 0.717) is 5.56 Å². The van der Waals surface area contributed by atoms with Crippen molar-refractivity contribution in [2.75, 3.05) is 30.8 Å². The van der Waals surface area contributed by atoms with Crippen molar-refractivity contribution in [1.29, 1.82) is 0 Å². The molecule has 32 heavy (non-hydrogen) atoms. The first-order valence-electron chi connectivity index (χ1n) is 11.7. The van der Waals surface area contributed by atoms with E-state index in [9.17, 15) is 4.79 Å². The number of hydrogen-bond acceptors (Lipinski definition) is 3. The lowest BCUT2D eigenvalue weighted by atomic mass is 9.96. The summed E-state index contributed by atoms with van der Waals surface area (Å²) >= 11 is 0. The second kappa shape index (κ2) is 10.5. The van der Waals surface area contributed by atoms with Gasteiger partial charge in [0.1, 0.15) is 0 Å². The Morgan fingerprint density at radius 2 is 1.69 bits per heavy atom. The van der Waals surface area contributed by atoms with Crippen LogP contribution >= 0.6 is 0 Å². The number of hydrogen-bond donors (Lipinski definition) is 2. The number of amides is 1. The molecule has 0 aliphatic carbocycles. The minimum atomic E-state index is -0.0733. The van der Waals surface area contributed by atoms with Gasteiger partial charge >= 0.3 is 0 Å². The molecule has 3 aromatic carbocycles. The second-order valence-electron chi connectivity index (χ2n) is 8.50. The van der Waals surface area contributed by atoms with E-state index < -0.39 is 0 Å². The van der Waals surface area contributed by atoms with Crippen LogP contribution < -0.4 is 10.6 Å². The van der Waals surface area contributed by atoms with Gasteiger partial charge in [-0.2, -0.15) is 0 Å². The number of rotatable bonds is 7. The number of piperidine rings is 1. The summed E-state index contributed by atoms with van der Waals surface area (Å²) in [5, 5.41) is 6.31. The first-order chi connectivity index (χ1) is 15.7. The van der Waals surface area contributed by atoms with Gasteiger partial charge in [0.15, 0.2) is 0 Å². The summed E-state index contributed by atoms with van der Waals surface area (Å²) in [6.07, 6.45) is 4.77. The highest BCUT2D eigenvalue weighted by Crippen LogP contribution is 2.28. The van der Waals surface area contributed by atoms with E-state index in [1.165, 1.54) is 41.5 Å². The maximum absolute atomic E-state index is 13.1. The molecule has 0 atom stereocenters. The van der Waals surface area contributed by atoms with Crippen molar-refractivity contribution < 1.29 is 4.79 Å². The van der Waals surface area contributed by atoms with Crippen molar-refractivity contribution in [1.82, 2.24) is 4.90 Å². The molecule has 3 aromatic rings. The molecule has 2 N–H and O–H groups in total. The van der Waals surface area contributed by atoms with E-state index in [0.717, 1.165) is 37.4 Å². The number of nitrogens with one attached hydrogen (secondary N) is 2. The highest BCUT2D eigenvalue weighted by Gasteiger charge is 2.16. The molecule has 166 valence electrons. The lowest BCUT2D eigenvalue weighted by molar-refractivity contribution is 0.102. The van der Waals surface area contributed by atoms with E-state index in [-0.39, 0.29) is 5.91 Å². The van der Waals surface area contributed by atoms with Gasteiger partial charge in [-0.15, -0.1) is 0 Å². The molecule has 0 saturated carbocycles. The third-order valence-electron chi connectivity index (χ3n) is 6.31. The fourth-order valence-electron chi connectivity index (χ4n) is 4.52. The van der Waals surface area contributed by atoms with Crippen LogP contribution in [0.1, 0.15) is 47.7 Å². The summed E-state index contributed by atoms with van der Waals surface area (Å²) in [4.78, 5) is 15.6. The number of likely N-dealkylation sites (tertiary alicyclic amines) is 1. The first kappa shape index (κ1) is 22.1. The molecule has 1 fully saturated rings. The molecule has 4 nitrogen and oxygen atoms in total. The van der Waals surface area contributed by atoms with E-state index in [1.54, 1.807) is 0 Å². The largest absolute Gasteiger partial charge is 0.388 e. The number of anilines is 2. The average molecular weight is 428 g/mol. The van der Waals surface area contributed by atoms with E-state index in [2.05, 4.69) is 64.9 Å². The molecule has 4 rings (SSSR count). The van der Waals surface area contributed by atoms with Crippen LogP contribution in [0.5, 0.6) is 0 Å². The maximum atomic E-state index is 13.1. The lowest BCUT2D eigenvalue weighted by Gasteiger charge is -2.27. The summed E-state index contributed by atoms with van der Waals surface area (Å²) in [6, 6.07) is 22.6. The quantitative estimate of drug-likeness (QED) is 0.472. The molecule has 4 heteroatoms. The van der Waals surface area contributed by atoms with E-state index in [1.807, 2.05) is 31.3 Å². The zero-order valence-corrected chi connectivity index (χ0v) is 19.2. The van der Waals surface area contributed by atoms with Crippen LogP contribution in [0.4, 0.5) is 11.4 Å². The molecular weight excluding hydrogens is 394 g/mol. The van der Waals surface area contributed by atoms with Gasteiger partial charge in [-0.25, -0.2) is 0 Å². The third kappa shape index (κ3) is 5.20. The Kier molecular flexibility index (Phi) is 7.23. The summed E-state index contributed by atoms with van der Waals surface area (Å²) in [6.45, 7) is 5.26. The zero-order chi connectivity index (χ0) is 22.3.